The van der Waals surface area contributed by atoms with E-state index in [2.05, 4.69) is 301 Å². The molecule has 9 nitrogen and oxygen atoms in total. The molecule has 0 unspecified atom stereocenters. The molecule has 18 aromatic rings. The molecule has 500 valence electrons. The molecule has 106 heavy (non-hydrogen) atoms. The molecular formula is C97H67N9. The first-order chi connectivity index (χ1) is 51.9. The number of pyridine rings is 3. The van der Waals surface area contributed by atoms with E-state index in [-0.39, 0.29) is 10.8 Å². The standard InChI is InChI=1S/C56H38N6.C41H29N3/c1-56(2)49-31-45(29-40-17-18-41-30-46(44-13-7-25-57-33-44)32-50(56)52(41)51(40)49)37-21-23-47(24-22-37)62(48-14-8-26-58-34-48)55-60-53(42-19-15-35-9-3-5-11-38(35)27-42)59-54(61-55)43-20-16-36-10-4-6-12-39(36)28-43;1-41(2)37-23-32(21-29-12-13-30-22-33(31-7-6-20-43-26-31)24-38(41)40(30)39(29)37)28-14-18-36(19-15-28)44(34-8-4-3-5-9-34)35-16-10-27(25-42)11-17-35/h3-34H,1-2H3;3-24,26H,1-2H3. The second-order valence-corrected chi connectivity index (χ2v) is 28.7. The lowest BCUT2D eigenvalue weighted by molar-refractivity contribution is 0.663. The fourth-order valence-electron chi connectivity index (χ4n) is 16.2. The van der Waals surface area contributed by atoms with Gasteiger partial charge < -0.3 is 4.90 Å². The number of rotatable bonds is 12. The Morgan fingerprint density at radius 1 is 0.264 bits per heavy atom. The van der Waals surface area contributed by atoms with Crippen LogP contribution in [-0.4, -0.2) is 29.9 Å². The van der Waals surface area contributed by atoms with Crippen molar-refractivity contribution in [2.24, 2.45) is 0 Å². The fraction of sp³-hybridized carbons (Fsp3) is 0.0619. The third-order valence-electron chi connectivity index (χ3n) is 21.7. The topological polar surface area (TPSA) is 108 Å². The lowest BCUT2D eigenvalue weighted by atomic mass is 9.80. The summed E-state index contributed by atoms with van der Waals surface area (Å²) in [4.78, 5) is 33.2. The number of fused-ring (bicyclic) bond motifs is 2. The van der Waals surface area contributed by atoms with Crippen molar-refractivity contribution in [1.82, 2.24) is 29.9 Å². The van der Waals surface area contributed by atoms with E-state index in [1.54, 1.807) is 6.20 Å². The zero-order chi connectivity index (χ0) is 71.2. The Balaban J connectivity index is 0.000000154. The predicted octanol–water partition coefficient (Wildman–Crippen LogP) is 24.8. The van der Waals surface area contributed by atoms with Gasteiger partial charge in [0.25, 0.3) is 0 Å². The van der Waals surface area contributed by atoms with E-state index >= 15 is 0 Å². The van der Waals surface area contributed by atoms with Gasteiger partial charge in [0.2, 0.25) is 5.95 Å². The summed E-state index contributed by atoms with van der Waals surface area (Å²) in [5.41, 5.74) is 21.9. The van der Waals surface area contributed by atoms with Crippen LogP contribution in [0.15, 0.2) is 334 Å². The maximum atomic E-state index is 9.31. The first-order valence-corrected chi connectivity index (χ1v) is 35.9. The minimum atomic E-state index is -0.185. The molecule has 0 atom stereocenters. The highest BCUT2D eigenvalue weighted by Crippen LogP contribution is 2.54. The number of aromatic nitrogens is 6. The monoisotopic (exact) mass is 1360 g/mol. The smallest absolute Gasteiger partial charge is 0.238 e. The zero-order valence-electron chi connectivity index (χ0n) is 58.8. The molecule has 0 bridgehead atoms. The molecule has 0 N–H and O–H groups in total. The number of benzene rings is 14. The largest absolute Gasteiger partial charge is 0.311 e. The van der Waals surface area contributed by atoms with E-state index in [1.807, 2.05) is 85.6 Å². The van der Waals surface area contributed by atoms with Crippen molar-refractivity contribution >= 4 is 99.0 Å². The van der Waals surface area contributed by atoms with Crippen LogP contribution < -0.4 is 9.80 Å². The summed E-state index contributed by atoms with van der Waals surface area (Å²) in [6.07, 6.45) is 11.2. The number of nitriles is 1. The summed E-state index contributed by atoms with van der Waals surface area (Å²) in [6, 6.07) is 108. The SMILES string of the molecule is CC1(C)c2cc(-c3ccc(N(c4ccccc4)c4ccc(C#N)cc4)cc3)cc3ccc4cc(-c5cccnc5)cc1c4c23.CC1(C)c2cc(-c3ccc(N(c4cccnc4)c4nc(-c5ccc6ccccc6c5)nc(-c5ccc6ccccc6c5)n4)cc3)cc3ccc4cc(-c5cccnc5)cc1c4c23. The van der Waals surface area contributed by atoms with E-state index < -0.39 is 0 Å². The van der Waals surface area contributed by atoms with Gasteiger partial charge in [0.1, 0.15) is 0 Å². The van der Waals surface area contributed by atoms with Gasteiger partial charge in [0.15, 0.2) is 11.6 Å². The molecule has 0 amide bonds. The van der Waals surface area contributed by atoms with Gasteiger partial charge in [-0.2, -0.15) is 15.2 Å². The number of anilines is 6. The van der Waals surface area contributed by atoms with Crippen LogP contribution in [0.3, 0.4) is 0 Å². The van der Waals surface area contributed by atoms with Crippen LogP contribution in [0.2, 0.25) is 0 Å². The van der Waals surface area contributed by atoms with E-state index in [4.69, 9.17) is 15.0 Å². The molecule has 2 aliphatic carbocycles. The van der Waals surface area contributed by atoms with Gasteiger partial charge in [-0.05, 0) is 266 Å². The molecule has 20 rings (SSSR count). The maximum Gasteiger partial charge on any atom is 0.238 e. The van der Waals surface area contributed by atoms with Crippen LogP contribution in [0.1, 0.15) is 55.5 Å². The molecule has 0 fully saturated rings. The Labute approximate surface area is 614 Å². The first-order valence-electron chi connectivity index (χ1n) is 35.9. The molecule has 2 aliphatic rings. The summed E-state index contributed by atoms with van der Waals surface area (Å²) >= 11 is 0. The number of para-hydroxylation sites is 1. The second kappa shape index (κ2) is 25.3. The van der Waals surface area contributed by atoms with E-state index in [0.29, 0.717) is 23.2 Å². The van der Waals surface area contributed by atoms with Crippen LogP contribution in [0.5, 0.6) is 0 Å². The average Bonchev–Trinajstić information content (AvgIpc) is 1.55. The Morgan fingerprint density at radius 3 is 1.01 bits per heavy atom. The van der Waals surface area contributed by atoms with Gasteiger partial charge in [-0.15, -0.1) is 0 Å². The van der Waals surface area contributed by atoms with E-state index in [0.717, 1.165) is 77.8 Å². The lowest BCUT2D eigenvalue weighted by Crippen LogP contribution is -2.16. The van der Waals surface area contributed by atoms with Crippen molar-refractivity contribution in [3.63, 3.8) is 0 Å². The number of nitrogens with zero attached hydrogens (tertiary/aromatic N) is 9. The van der Waals surface area contributed by atoms with Crippen molar-refractivity contribution in [1.29, 1.82) is 5.26 Å². The molecule has 4 aromatic heterocycles. The molecule has 0 radical (unpaired) electrons. The minimum Gasteiger partial charge on any atom is -0.311 e. The third kappa shape index (κ3) is 10.9. The molecule has 9 heteroatoms. The zero-order valence-corrected chi connectivity index (χ0v) is 58.8. The molecule has 0 aliphatic heterocycles. The predicted molar refractivity (Wildman–Crippen MR) is 436 cm³/mol. The summed E-state index contributed by atoms with van der Waals surface area (Å²) < 4.78 is 0. The van der Waals surface area contributed by atoms with Crippen molar-refractivity contribution in [2.45, 2.75) is 38.5 Å². The number of hydrogen-bond donors (Lipinski definition) is 0. The van der Waals surface area contributed by atoms with Gasteiger partial charge in [-0.1, -0.05) is 179 Å². The van der Waals surface area contributed by atoms with Crippen molar-refractivity contribution in [3.05, 3.63) is 362 Å². The Kier molecular flexibility index (Phi) is 15.1. The average molecular weight is 1360 g/mol. The number of hydrogen-bond acceptors (Lipinski definition) is 9. The van der Waals surface area contributed by atoms with Gasteiger partial charge in [-0.25, -0.2) is 4.98 Å². The molecule has 14 aromatic carbocycles. The lowest BCUT2D eigenvalue weighted by Gasteiger charge is -2.26. The third-order valence-corrected chi connectivity index (χ3v) is 21.7. The van der Waals surface area contributed by atoms with Crippen LogP contribution in [-0.2, 0) is 10.8 Å². The Hall–Kier alpha value is -13.8. The molecule has 0 spiro atoms. The van der Waals surface area contributed by atoms with E-state index in [9.17, 15) is 5.26 Å². The summed E-state index contributed by atoms with van der Waals surface area (Å²) in [5.74, 6) is 1.68. The molecule has 4 heterocycles. The second-order valence-electron chi connectivity index (χ2n) is 28.7. The summed E-state index contributed by atoms with van der Waals surface area (Å²) in [6.45, 7) is 9.42. The van der Waals surface area contributed by atoms with Crippen molar-refractivity contribution in [2.75, 3.05) is 9.80 Å². The Bertz CT molecular complexity index is 6460. The van der Waals surface area contributed by atoms with Gasteiger partial charge in [-0.3, -0.25) is 19.9 Å². The van der Waals surface area contributed by atoms with Crippen molar-refractivity contribution in [3.8, 4) is 73.4 Å². The quantitative estimate of drug-likeness (QED) is 0.111. The summed E-state index contributed by atoms with van der Waals surface area (Å²) in [5, 5.41) is 24.4. The first kappa shape index (κ1) is 63.1. The highest BCUT2D eigenvalue weighted by atomic mass is 15.3. The summed E-state index contributed by atoms with van der Waals surface area (Å²) in [7, 11) is 0. The van der Waals surface area contributed by atoms with Gasteiger partial charge in [0, 0.05) is 86.8 Å². The Morgan fingerprint density at radius 2 is 0.604 bits per heavy atom. The highest BCUT2D eigenvalue weighted by molar-refractivity contribution is 6.18. The normalized spacial score (nSPS) is 12.9. The van der Waals surface area contributed by atoms with E-state index in [1.165, 1.54) is 93.2 Å². The van der Waals surface area contributed by atoms with Crippen molar-refractivity contribution < 1.29 is 0 Å². The van der Waals surface area contributed by atoms with Crippen LogP contribution >= 0.6 is 0 Å². The minimum absolute atomic E-state index is 0.131. The highest BCUT2D eigenvalue weighted by Gasteiger charge is 2.37. The van der Waals surface area contributed by atoms with Gasteiger partial charge >= 0.3 is 0 Å². The molecule has 0 saturated carbocycles. The maximum absolute atomic E-state index is 9.31. The van der Waals surface area contributed by atoms with Crippen LogP contribution in [0.25, 0.3) is 132 Å². The fourth-order valence-corrected chi connectivity index (χ4v) is 16.2. The van der Waals surface area contributed by atoms with Crippen LogP contribution in [0.4, 0.5) is 34.4 Å². The molecular weight excluding hydrogens is 1290 g/mol. The molecule has 0 saturated heterocycles. The van der Waals surface area contributed by atoms with Crippen LogP contribution in [0, 0.1) is 11.3 Å². The van der Waals surface area contributed by atoms with Gasteiger partial charge in [0.05, 0.1) is 23.5 Å².